The summed E-state index contributed by atoms with van der Waals surface area (Å²) >= 11 is 0. The summed E-state index contributed by atoms with van der Waals surface area (Å²) in [6.45, 7) is 3.72. The number of sulfonamides is 1. The fourth-order valence-electron chi connectivity index (χ4n) is 2.01. The Hall–Kier alpha value is -1.82. The Kier molecular flexibility index (Phi) is 4.13. The van der Waals surface area contributed by atoms with E-state index in [1.807, 2.05) is 26.0 Å². The van der Waals surface area contributed by atoms with E-state index in [4.69, 9.17) is 4.74 Å². The largest absolute Gasteiger partial charge is 0.497 e. The van der Waals surface area contributed by atoms with E-state index in [0.717, 1.165) is 5.39 Å². The van der Waals surface area contributed by atoms with Gasteiger partial charge in [0.1, 0.15) is 5.75 Å². The number of methoxy groups -OCH3 is 1. The highest BCUT2D eigenvalue weighted by atomic mass is 32.2. The van der Waals surface area contributed by atoms with Crippen LogP contribution < -0.4 is 9.46 Å². The van der Waals surface area contributed by atoms with Crippen molar-refractivity contribution in [2.75, 3.05) is 17.6 Å². The van der Waals surface area contributed by atoms with Gasteiger partial charge < -0.3 is 4.74 Å². The molecular formula is C14H18N2O3S. The van der Waals surface area contributed by atoms with Gasteiger partial charge in [0.15, 0.2) is 0 Å². The average Bonchev–Trinajstić information content (AvgIpc) is 2.36. The first-order valence-electron chi connectivity index (χ1n) is 6.34. The molecule has 2 aromatic rings. The van der Waals surface area contributed by atoms with Gasteiger partial charge in [0, 0.05) is 17.6 Å². The lowest BCUT2D eigenvalue weighted by Crippen LogP contribution is -2.20. The Bertz CT molecular complexity index is 711. The number of hydrogen-bond donors (Lipinski definition) is 1. The number of ether oxygens (including phenoxy) is 1. The highest BCUT2D eigenvalue weighted by molar-refractivity contribution is 7.92. The molecule has 20 heavy (non-hydrogen) atoms. The monoisotopic (exact) mass is 294 g/mol. The fraction of sp³-hybridized carbons (Fsp3) is 0.357. The predicted molar refractivity (Wildman–Crippen MR) is 80.5 cm³/mol. The molecule has 0 atom stereocenters. The lowest BCUT2D eigenvalue weighted by atomic mass is 10.2. The smallest absolute Gasteiger partial charge is 0.233 e. The van der Waals surface area contributed by atoms with E-state index in [0.29, 0.717) is 17.0 Å². The van der Waals surface area contributed by atoms with Crippen molar-refractivity contribution in [3.05, 3.63) is 30.5 Å². The molecule has 0 aliphatic rings. The van der Waals surface area contributed by atoms with Crippen molar-refractivity contribution in [2.45, 2.75) is 13.8 Å². The standard InChI is InChI=1S/C14H18N2O3S/c1-10(2)9-20(17,18)16-13-8-12(19-3)7-11-5-4-6-15-14(11)13/h4-8,10,16H,9H2,1-3H3. The molecule has 0 amide bonds. The summed E-state index contributed by atoms with van der Waals surface area (Å²) in [6, 6.07) is 7.13. The fourth-order valence-corrected chi connectivity index (χ4v) is 3.46. The van der Waals surface area contributed by atoms with Crippen molar-refractivity contribution in [1.29, 1.82) is 0 Å². The number of nitrogens with zero attached hydrogens (tertiary/aromatic N) is 1. The lowest BCUT2D eigenvalue weighted by Gasteiger charge is -2.13. The number of nitrogens with one attached hydrogen (secondary N) is 1. The van der Waals surface area contributed by atoms with Crippen LogP contribution in [-0.4, -0.2) is 26.3 Å². The summed E-state index contributed by atoms with van der Waals surface area (Å²) in [5.74, 6) is 0.712. The molecule has 0 saturated heterocycles. The maximum atomic E-state index is 12.1. The third-order valence-corrected chi connectivity index (χ3v) is 4.37. The molecule has 108 valence electrons. The molecule has 0 saturated carbocycles. The second-order valence-electron chi connectivity index (χ2n) is 5.03. The van der Waals surface area contributed by atoms with Gasteiger partial charge in [-0.05, 0) is 18.1 Å². The maximum Gasteiger partial charge on any atom is 0.233 e. The van der Waals surface area contributed by atoms with Crippen molar-refractivity contribution in [1.82, 2.24) is 4.98 Å². The third-order valence-electron chi connectivity index (χ3n) is 2.73. The summed E-state index contributed by atoms with van der Waals surface area (Å²) in [4.78, 5) is 4.24. The second kappa shape index (κ2) is 5.66. The Balaban J connectivity index is 2.48. The predicted octanol–water partition coefficient (Wildman–Crippen LogP) is 2.64. The molecule has 0 spiro atoms. The minimum absolute atomic E-state index is 0.0531. The van der Waals surface area contributed by atoms with Crippen molar-refractivity contribution < 1.29 is 13.2 Å². The van der Waals surface area contributed by atoms with Gasteiger partial charge in [-0.3, -0.25) is 9.71 Å². The van der Waals surface area contributed by atoms with Gasteiger partial charge in [0.05, 0.1) is 24.1 Å². The summed E-state index contributed by atoms with van der Waals surface area (Å²) in [5, 5.41) is 0.828. The Morgan fingerprint density at radius 3 is 2.75 bits per heavy atom. The number of benzene rings is 1. The van der Waals surface area contributed by atoms with Crippen molar-refractivity contribution in [3.8, 4) is 5.75 Å². The number of aromatic nitrogens is 1. The number of fused-ring (bicyclic) bond motifs is 1. The van der Waals surface area contributed by atoms with Crippen LogP contribution in [0, 0.1) is 5.92 Å². The molecule has 0 aliphatic carbocycles. The van der Waals surface area contributed by atoms with E-state index in [9.17, 15) is 8.42 Å². The Morgan fingerprint density at radius 1 is 1.35 bits per heavy atom. The third kappa shape index (κ3) is 3.39. The molecule has 0 bridgehead atoms. The van der Waals surface area contributed by atoms with Gasteiger partial charge in [-0.2, -0.15) is 0 Å². The quantitative estimate of drug-likeness (QED) is 0.920. The topological polar surface area (TPSA) is 68.3 Å². The van der Waals surface area contributed by atoms with Crippen LogP contribution in [0.5, 0.6) is 5.75 Å². The average molecular weight is 294 g/mol. The number of rotatable bonds is 5. The molecule has 1 heterocycles. The summed E-state index contributed by atoms with van der Waals surface area (Å²) in [7, 11) is -1.85. The van der Waals surface area contributed by atoms with E-state index in [-0.39, 0.29) is 11.7 Å². The summed E-state index contributed by atoms with van der Waals surface area (Å²) in [5.41, 5.74) is 1.06. The molecular weight excluding hydrogens is 276 g/mol. The second-order valence-corrected chi connectivity index (χ2v) is 6.79. The minimum Gasteiger partial charge on any atom is -0.497 e. The van der Waals surface area contributed by atoms with E-state index in [2.05, 4.69) is 9.71 Å². The van der Waals surface area contributed by atoms with E-state index < -0.39 is 10.0 Å². The van der Waals surface area contributed by atoms with Gasteiger partial charge in [-0.15, -0.1) is 0 Å². The van der Waals surface area contributed by atoms with E-state index in [1.54, 1.807) is 25.4 Å². The first kappa shape index (κ1) is 14.6. The lowest BCUT2D eigenvalue weighted by molar-refractivity contribution is 0.415. The summed E-state index contributed by atoms with van der Waals surface area (Å²) in [6.07, 6.45) is 1.63. The molecule has 0 unspecified atom stereocenters. The number of hydrogen-bond acceptors (Lipinski definition) is 4. The highest BCUT2D eigenvalue weighted by Gasteiger charge is 2.15. The van der Waals surface area contributed by atoms with E-state index >= 15 is 0 Å². The van der Waals surface area contributed by atoms with Crippen LogP contribution in [0.4, 0.5) is 5.69 Å². The molecule has 1 aromatic heterocycles. The normalized spacial score (nSPS) is 11.8. The zero-order chi connectivity index (χ0) is 14.8. The molecule has 1 N–H and O–H groups in total. The highest BCUT2D eigenvalue weighted by Crippen LogP contribution is 2.28. The molecule has 0 fully saturated rings. The van der Waals surface area contributed by atoms with Crippen LogP contribution >= 0.6 is 0 Å². The maximum absolute atomic E-state index is 12.1. The van der Waals surface area contributed by atoms with Crippen molar-refractivity contribution in [2.24, 2.45) is 5.92 Å². The number of pyridine rings is 1. The van der Waals surface area contributed by atoms with Crippen molar-refractivity contribution >= 4 is 26.6 Å². The van der Waals surface area contributed by atoms with Gasteiger partial charge in [-0.1, -0.05) is 19.9 Å². The molecule has 2 rings (SSSR count). The van der Waals surface area contributed by atoms with Crippen LogP contribution in [0.1, 0.15) is 13.8 Å². The minimum atomic E-state index is -3.40. The SMILES string of the molecule is COc1cc(NS(=O)(=O)CC(C)C)c2ncccc2c1. The zero-order valence-corrected chi connectivity index (χ0v) is 12.6. The first-order chi connectivity index (χ1) is 9.41. The van der Waals surface area contributed by atoms with Crippen LogP contribution in [0.3, 0.4) is 0 Å². The summed E-state index contributed by atoms with van der Waals surface area (Å²) < 4.78 is 31.9. The molecule has 5 nitrogen and oxygen atoms in total. The van der Waals surface area contributed by atoms with Crippen LogP contribution in [0.2, 0.25) is 0 Å². The van der Waals surface area contributed by atoms with Crippen molar-refractivity contribution in [3.63, 3.8) is 0 Å². The molecule has 0 aliphatic heterocycles. The molecule has 1 aromatic carbocycles. The van der Waals surface area contributed by atoms with Gasteiger partial charge in [0.25, 0.3) is 0 Å². The molecule has 6 heteroatoms. The van der Waals surface area contributed by atoms with Crippen LogP contribution in [0.15, 0.2) is 30.5 Å². The van der Waals surface area contributed by atoms with Gasteiger partial charge in [0.2, 0.25) is 10.0 Å². The zero-order valence-electron chi connectivity index (χ0n) is 11.8. The number of anilines is 1. The molecule has 0 radical (unpaired) electrons. The van der Waals surface area contributed by atoms with Gasteiger partial charge in [-0.25, -0.2) is 8.42 Å². The first-order valence-corrected chi connectivity index (χ1v) is 8.00. The van der Waals surface area contributed by atoms with E-state index in [1.165, 1.54) is 0 Å². The Morgan fingerprint density at radius 2 is 2.10 bits per heavy atom. The van der Waals surface area contributed by atoms with Crippen LogP contribution in [-0.2, 0) is 10.0 Å². The van der Waals surface area contributed by atoms with Crippen LogP contribution in [0.25, 0.3) is 10.9 Å². The van der Waals surface area contributed by atoms with Gasteiger partial charge >= 0.3 is 0 Å². The Labute approximate surface area is 119 Å².